The van der Waals surface area contributed by atoms with E-state index in [1.54, 1.807) is 4.90 Å². The first-order valence-corrected chi connectivity index (χ1v) is 7.47. The number of hydrogen-bond acceptors (Lipinski definition) is 5. The minimum atomic E-state index is -0.192. The molecule has 1 aliphatic heterocycles. The van der Waals surface area contributed by atoms with Crippen LogP contribution in [0.15, 0.2) is 0 Å². The molecule has 5 nitrogen and oxygen atoms in total. The van der Waals surface area contributed by atoms with Gasteiger partial charge in [0.15, 0.2) is 0 Å². The number of amides is 1. The smallest absolute Gasteiger partial charge is 0.267 e. The molecule has 0 saturated carbocycles. The maximum absolute atomic E-state index is 12.6. The van der Waals surface area contributed by atoms with Crippen LogP contribution in [-0.2, 0) is 5.41 Å². The molecule has 1 aromatic rings. The van der Waals surface area contributed by atoms with E-state index in [0.717, 1.165) is 36.5 Å². The Morgan fingerprint density at radius 1 is 1.47 bits per heavy atom. The zero-order valence-corrected chi connectivity index (χ0v) is 12.5. The summed E-state index contributed by atoms with van der Waals surface area (Å²) >= 11 is 1.16. The molecule has 106 valence electrons. The fourth-order valence-electron chi connectivity index (χ4n) is 2.41. The van der Waals surface area contributed by atoms with Crippen LogP contribution in [0.3, 0.4) is 0 Å². The van der Waals surface area contributed by atoms with Crippen molar-refractivity contribution in [1.29, 1.82) is 0 Å². The van der Waals surface area contributed by atoms with Gasteiger partial charge in [-0.2, -0.15) is 0 Å². The summed E-state index contributed by atoms with van der Waals surface area (Å²) < 4.78 is 3.94. The first-order valence-electron chi connectivity index (χ1n) is 6.70. The Morgan fingerprint density at radius 3 is 2.84 bits per heavy atom. The topological polar surface area (TPSA) is 66.3 Å². The third kappa shape index (κ3) is 2.95. The summed E-state index contributed by atoms with van der Waals surface area (Å²) in [5.74, 6) is -0.0290. The molecule has 1 atom stereocenters. The highest BCUT2D eigenvalue weighted by Gasteiger charge is 2.33. The van der Waals surface area contributed by atoms with Crippen molar-refractivity contribution in [2.75, 3.05) is 13.2 Å². The van der Waals surface area contributed by atoms with E-state index in [4.69, 9.17) is 0 Å². The molecular formula is C13H21N3O2S. The van der Waals surface area contributed by atoms with Gasteiger partial charge < -0.3 is 10.0 Å². The standard InChI is InChI=1S/C13H21N3O2S/c1-13(2,3)11-10(19-15-14-11)12(18)16-7-5-4-6-9(16)8-17/h9,17H,4-8H2,1-3H3. The van der Waals surface area contributed by atoms with Crippen LogP contribution in [0.1, 0.15) is 55.4 Å². The van der Waals surface area contributed by atoms with Crippen molar-refractivity contribution in [2.24, 2.45) is 0 Å². The molecule has 2 rings (SSSR count). The fourth-order valence-corrected chi connectivity index (χ4v) is 3.24. The van der Waals surface area contributed by atoms with E-state index in [9.17, 15) is 9.90 Å². The second-order valence-corrected chi connectivity index (χ2v) is 6.79. The fraction of sp³-hybridized carbons (Fsp3) is 0.769. The Balaban J connectivity index is 2.26. The van der Waals surface area contributed by atoms with E-state index in [2.05, 4.69) is 9.59 Å². The van der Waals surface area contributed by atoms with Gasteiger partial charge in [0.05, 0.1) is 18.3 Å². The maximum atomic E-state index is 12.6. The third-order valence-corrected chi connectivity index (χ3v) is 4.21. The molecule has 1 aliphatic rings. The Labute approximate surface area is 117 Å². The van der Waals surface area contributed by atoms with Gasteiger partial charge in [0.2, 0.25) is 0 Å². The van der Waals surface area contributed by atoms with E-state index in [1.807, 2.05) is 20.8 Å². The first-order chi connectivity index (χ1) is 8.95. The van der Waals surface area contributed by atoms with Crippen LogP contribution in [0.4, 0.5) is 0 Å². The van der Waals surface area contributed by atoms with Crippen LogP contribution >= 0.6 is 11.5 Å². The van der Waals surface area contributed by atoms with Gasteiger partial charge in [-0.15, -0.1) is 5.10 Å². The maximum Gasteiger partial charge on any atom is 0.267 e. The van der Waals surface area contributed by atoms with Gasteiger partial charge in [0.25, 0.3) is 5.91 Å². The second kappa shape index (κ2) is 5.54. The van der Waals surface area contributed by atoms with Crippen molar-refractivity contribution in [3.05, 3.63) is 10.6 Å². The molecule has 1 N–H and O–H groups in total. The molecule has 6 heteroatoms. The molecule has 1 saturated heterocycles. The summed E-state index contributed by atoms with van der Waals surface area (Å²) in [4.78, 5) is 15.0. The van der Waals surface area contributed by atoms with Gasteiger partial charge in [-0.25, -0.2) is 0 Å². The number of piperidine rings is 1. The summed E-state index contributed by atoms with van der Waals surface area (Å²) in [6, 6.07) is -0.0591. The lowest BCUT2D eigenvalue weighted by Crippen LogP contribution is -2.45. The van der Waals surface area contributed by atoms with Gasteiger partial charge in [-0.05, 0) is 30.8 Å². The first kappa shape index (κ1) is 14.4. The Hall–Kier alpha value is -1.01. The minimum Gasteiger partial charge on any atom is -0.394 e. The largest absolute Gasteiger partial charge is 0.394 e. The summed E-state index contributed by atoms with van der Waals surface area (Å²) in [6.45, 7) is 6.83. The number of aliphatic hydroxyl groups excluding tert-OH is 1. The van der Waals surface area contributed by atoms with Crippen molar-refractivity contribution in [3.63, 3.8) is 0 Å². The predicted octanol–water partition coefficient (Wildman–Crippen LogP) is 1.82. The van der Waals surface area contributed by atoms with Gasteiger partial charge in [0, 0.05) is 12.0 Å². The van der Waals surface area contributed by atoms with Gasteiger partial charge >= 0.3 is 0 Å². The summed E-state index contributed by atoms with van der Waals surface area (Å²) in [7, 11) is 0. The normalized spacial score (nSPS) is 20.6. The molecule has 19 heavy (non-hydrogen) atoms. The quantitative estimate of drug-likeness (QED) is 0.899. The number of likely N-dealkylation sites (tertiary alicyclic amines) is 1. The number of hydrogen-bond donors (Lipinski definition) is 1. The molecule has 1 unspecified atom stereocenters. The van der Waals surface area contributed by atoms with Crippen molar-refractivity contribution in [3.8, 4) is 0 Å². The number of nitrogens with zero attached hydrogens (tertiary/aromatic N) is 3. The molecule has 1 fully saturated rings. The predicted molar refractivity (Wildman–Crippen MR) is 74.4 cm³/mol. The van der Waals surface area contributed by atoms with Crippen LogP contribution in [0.25, 0.3) is 0 Å². The van der Waals surface area contributed by atoms with E-state index in [0.29, 0.717) is 11.4 Å². The van der Waals surface area contributed by atoms with E-state index >= 15 is 0 Å². The van der Waals surface area contributed by atoms with Crippen LogP contribution in [0.2, 0.25) is 0 Å². The van der Waals surface area contributed by atoms with Gasteiger partial charge in [0.1, 0.15) is 4.88 Å². The van der Waals surface area contributed by atoms with E-state index in [-0.39, 0.29) is 24.0 Å². The Kier molecular flexibility index (Phi) is 4.20. The van der Waals surface area contributed by atoms with Crippen LogP contribution in [-0.4, -0.2) is 44.7 Å². The van der Waals surface area contributed by atoms with Crippen molar-refractivity contribution < 1.29 is 9.90 Å². The second-order valence-electron chi connectivity index (χ2n) is 6.03. The zero-order chi connectivity index (χ0) is 14.0. The van der Waals surface area contributed by atoms with Crippen molar-refractivity contribution in [2.45, 2.75) is 51.5 Å². The lowest BCUT2D eigenvalue weighted by atomic mass is 9.91. The van der Waals surface area contributed by atoms with Crippen LogP contribution < -0.4 is 0 Å². The molecule has 0 aromatic carbocycles. The highest BCUT2D eigenvalue weighted by Crippen LogP contribution is 2.28. The number of carbonyl (C=O) groups excluding carboxylic acids is 1. The molecule has 2 heterocycles. The highest BCUT2D eigenvalue weighted by molar-refractivity contribution is 7.08. The average molecular weight is 283 g/mol. The Morgan fingerprint density at radius 2 is 2.21 bits per heavy atom. The highest BCUT2D eigenvalue weighted by atomic mass is 32.1. The zero-order valence-electron chi connectivity index (χ0n) is 11.7. The van der Waals surface area contributed by atoms with Gasteiger partial charge in [-0.3, -0.25) is 4.79 Å². The molecule has 0 spiro atoms. The number of aromatic nitrogens is 2. The van der Waals surface area contributed by atoms with E-state index < -0.39 is 0 Å². The SMILES string of the molecule is CC(C)(C)c1nnsc1C(=O)N1CCCCC1CO. The van der Waals surface area contributed by atoms with Crippen LogP contribution in [0, 0.1) is 0 Å². The van der Waals surface area contributed by atoms with E-state index in [1.165, 1.54) is 0 Å². The molecule has 1 amide bonds. The third-order valence-electron chi connectivity index (χ3n) is 3.49. The molecular weight excluding hydrogens is 262 g/mol. The summed E-state index contributed by atoms with van der Waals surface area (Å²) in [5.41, 5.74) is 0.562. The number of aliphatic hydroxyl groups is 1. The lowest BCUT2D eigenvalue weighted by Gasteiger charge is -2.34. The van der Waals surface area contributed by atoms with Crippen molar-refractivity contribution in [1.82, 2.24) is 14.5 Å². The minimum absolute atomic E-state index is 0.0290. The number of carbonyl (C=O) groups is 1. The molecule has 0 bridgehead atoms. The van der Waals surface area contributed by atoms with Crippen molar-refractivity contribution >= 4 is 17.4 Å². The summed E-state index contributed by atoms with van der Waals surface area (Å²) in [6.07, 6.45) is 2.95. The Bertz CT molecular complexity index is 453. The average Bonchev–Trinajstić information content (AvgIpc) is 2.87. The monoisotopic (exact) mass is 283 g/mol. The number of rotatable bonds is 2. The van der Waals surface area contributed by atoms with Crippen LogP contribution in [0.5, 0.6) is 0 Å². The van der Waals surface area contributed by atoms with Gasteiger partial charge in [-0.1, -0.05) is 25.3 Å². The molecule has 0 radical (unpaired) electrons. The lowest BCUT2D eigenvalue weighted by molar-refractivity contribution is 0.0505. The molecule has 1 aromatic heterocycles. The summed E-state index contributed by atoms with van der Waals surface area (Å²) in [5, 5.41) is 13.5. The molecule has 0 aliphatic carbocycles.